The van der Waals surface area contributed by atoms with Crippen molar-refractivity contribution in [3.63, 3.8) is 0 Å². The summed E-state index contributed by atoms with van der Waals surface area (Å²) in [5.74, 6) is 0. The van der Waals surface area contributed by atoms with Crippen LogP contribution in [0.3, 0.4) is 0 Å². The summed E-state index contributed by atoms with van der Waals surface area (Å²) in [6.45, 7) is 6.89. The third kappa shape index (κ3) is 1.39. The Bertz CT molecular complexity index is 767. The van der Waals surface area contributed by atoms with Gasteiger partial charge in [-0.25, -0.2) is 0 Å². The second-order valence-electron chi connectivity index (χ2n) is 4.61. The van der Waals surface area contributed by atoms with E-state index < -0.39 is 0 Å². The van der Waals surface area contributed by atoms with Crippen LogP contribution in [0.1, 0.15) is 13.3 Å². The summed E-state index contributed by atoms with van der Waals surface area (Å²) >= 11 is 0. The topological polar surface area (TPSA) is 22.0 Å². The van der Waals surface area contributed by atoms with Gasteiger partial charge in [0.25, 0.3) is 5.56 Å². The molecule has 0 saturated heterocycles. The van der Waals surface area contributed by atoms with Crippen molar-refractivity contribution in [1.29, 1.82) is 0 Å². The van der Waals surface area contributed by atoms with Gasteiger partial charge < -0.3 is 4.57 Å². The standard InChI is InChI=1S/C16H15NO/c1-3-10-17-11(2)13-8-4-6-12-7-5-9-14(15(12)13)16(17)18/h4-9H,2-3,10H2,1H3. The Morgan fingerprint density at radius 2 is 1.78 bits per heavy atom. The summed E-state index contributed by atoms with van der Waals surface area (Å²) in [6, 6.07) is 12.0. The summed E-state index contributed by atoms with van der Waals surface area (Å²) in [6.07, 6.45) is 0.933. The Kier molecular flexibility index (Phi) is 2.44. The molecule has 2 nitrogen and oxygen atoms in total. The van der Waals surface area contributed by atoms with E-state index in [1.165, 1.54) is 0 Å². The molecule has 18 heavy (non-hydrogen) atoms. The Morgan fingerprint density at radius 1 is 1.11 bits per heavy atom. The van der Waals surface area contributed by atoms with Crippen molar-refractivity contribution in [2.45, 2.75) is 19.9 Å². The van der Waals surface area contributed by atoms with Crippen LogP contribution in [0.2, 0.25) is 0 Å². The molecule has 1 heterocycles. The zero-order valence-corrected chi connectivity index (χ0v) is 10.4. The third-order valence-electron chi connectivity index (χ3n) is 3.46. The van der Waals surface area contributed by atoms with Crippen molar-refractivity contribution in [1.82, 2.24) is 4.57 Å². The largest absolute Gasteiger partial charge is 0.308 e. The van der Waals surface area contributed by atoms with Gasteiger partial charge in [0, 0.05) is 28.1 Å². The average Bonchev–Trinajstić information content (AvgIpc) is 2.40. The van der Waals surface area contributed by atoms with Gasteiger partial charge in [-0.1, -0.05) is 43.8 Å². The second kappa shape index (κ2) is 3.98. The van der Waals surface area contributed by atoms with Gasteiger partial charge >= 0.3 is 0 Å². The van der Waals surface area contributed by atoms with E-state index in [-0.39, 0.29) is 5.56 Å². The average molecular weight is 237 g/mol. The molecule has 0 aliphatic rings. The predicted molar refractivity (Wildman–Crippen MR) is 76.7 cm³/mol. The van der Waals surface area contributed by atoms with E-state index in [1.807, 2.05) is 36.4 Å². The number of hydrogen-bond donors (Lipinski definition) is 0. The summed E-state index contributed by atoms with van der Waals surface area (Å²) < 4.78 is 1.79. The lowest BCUT2D eigenvalue weighted by atomic mass is 10.0. The van der Waals surface area contributed by atoms with Crippen molar-refractivity contribution in [2.24, 2.45) is 0 Å². The Morgan fingerprint density at radius 3 is 2.44 bits per heavy atom. The number of benzene rings is 2. The molecule has 3 rings (SSSR count). The molecular formula is C16H15NO. The minimum absolute atomic E-state index is 0.0751. The van der Waals surface area contributed by atoms with Gasteiger partial charge in [0.15, 0.2) is 0 Å². The SMILES string of the molecule is C=c1c2cccc3cccc(c(=O)n1CCC)c32. The second-order valence-corrected chi connectivity index (χ2v) is 4.61. The molecule has 0 amide bonds. The normalized spacial score (nSPS) is 11.4. The molecule has 0 spiro atoms. The number of aromatic nitrogens is 1. The van der Waals surface area contributed by atoms with Gasteiger partial charge in [-0.15, -0.1) is 0 Å². The van der Waals surface area contributed by atoms with Crippen LogP contribution in [-0.4, -0.2) is 4.57 Å². The molecule has 2 heteroatoms. The molecule has 0 aliphatic carbocycles. The number of pyridine rings is 1. The molecule has 0 aliphatic heterocycles. The van der Waals surface area contributed by atoms with Gasteiger partial charge in [0.2, 0.25) is 0 Å². The summed E-state index contributed by atoms with van der Waals surface area (Å²) in [7, 11) is 0. The molecule has 3 aromatic rings. The molecule has 0 fully saturated rings. The highest BCUT2D eigenvalue weighted by atomic mass is 16.1. The van der Waals surface area contributed by atoms with E-state index in [9.17, 15) is 4.79 Å². The first-order valence-electron chi connectivity index (χ1n) is 6.27. The zero-order valence-electron chi connectivity index (χ0n) is 10.4. The van der Waals surface area contributed by atoms with Crippen molar-refractivity contribution in [3.05, 3.63) is 52.1 Å². The predicted octanol–water partition coefficient (Wildman–Crippen LogP) is 2.69. The molecule has 0 atom stereocenters. The van der Waals surface area contributed by atoms with E-state index in [0.717, 1.165) is 39.9 Å². The van der Waals surface area contributed by atoms with Gasteiger partial charge in [-0.05, 0) is 17.9 Å². The molecule has 90 valence electrons. The van der Waals surface area contributed by atoms with E-state index in [0.29, 0.717) is 0 Å². The maximum atomic E-state index is 12.5. The lowest BCUT2D eigenvalue weighted by Gasteiger charge is -2.11. The van der Waals surface area contributed by atoms with E-state index in [4.69, 9.17) is 0 Å². The first-order chi connectivity index (χ1) is 8.74. The van der Waals surface area contributed by atoms with Crippen LogP contribution in [-0.2, 0) is 6.54 Å². The van der Waals surface area contributed by atoms with Gasteiger partial charge in [-0.3, -0.25) is 4.79 Å². The molecule has 0 unspecified atom stereocenters. The van der Waals surface area contributed by atoms with Crippen molar-refractivity contribution < 1.29 is 0 Å². The summed E-state index contributed by atoms with van der Waals surface area (Å²) in [4.78, 5) is 12.5. The highest BCUT2D eigenvalue weighted by molar-refractivity contribution is 6.09. The number of rotatable bonds is 2. The number of hydrogen-bond acceptors (Lipinski definition) is 1. The fourth-order valence-electron chi connectivity index (χ4n) is 2.63. The van der Waals surface area contributed by atoms with Gasteiger partial charge in [0.1, 0.15) is 0 Å². The molecule has 2 aromatic carbocycles. The van der Waals surface area contributed by atoms with Crippen molar-refractivity contribution in [2.75, 3.05) is 0 Å². The highest BCUT2D eigenvalue weighted by Gasteiger charge is 2.09. The number of nitrogens with zero attached hydrogens (tertiary/aromatic N) is 1. The first-order valence-corrected chi connectivity index (χ1v) is 6.27. The first kappa shape index (κ1) is 11.0. The molecule has 0 radical (unpaired) electrons. The Balaban J connectivity index is 2.63. The lowest BCUT2D eigenvalue weighted by molar-refractivity contribution is 0.646. The van der Waals surface area contributed by atoms with Crippen LogP contribution in [0.25, 0.3) is 28.1 Å². The van der Waals surface area contributed by atoms with Crippen LogP contribution in [0.4, 0.5) is 0 Å². The molecular weight excluding hydrogens is 222 g/mol. The molecule has 0 saturated carbocycles. The van der Waals surface area contributed by atoms with Gasteiger partial charge in [0.05, 0.1) is 0 Å². The lowest BCUT2D eigenvalue weighted by Crippen LogP contribution is -2.33. The smallest absolute Gasteiger partial charge is 0.258 e. The monoisotopic (exact) mass is 237 g/mol. The highest BCUT2D eigenvalue weighted by Crippen LogP contribution is 2.21. The van der Waals surface area contributed by atoms with E-state index in [2.05, 4.69) is 13.5 Å². The fourth-order valence-corrected chi connectivity index (χ4v) is 2.63. The van der Waals surface area contributed by atoms with Crippen molar-refractivity contribution in [3.8, 4) is 0 Å². The summed E-state index contributed by atoms with van der Waals surface area (Å²) in [5, 5.41) is 4.85. The minimum Gasteiger partial charge on any atom is -0.308 e. The van der Waals surface area contributed by atoms with Crippen LogP contribution in [0, 0.1) is 0 Å². The fraction of sp³-hybridized carbons (Fsp3) is 0.188. The molecule has 0 bridgehead atoms. The van der Waals surface area contributed by atoms with Crippen LogP contribution >= 0.6 is 0 Å². The molecule has 1 aromatic heterocycles. The van der Waals surface area contributed by atoms with Crippen molar-refractivity contribution >= 4 is 28.1 Å². The minimum atomic E-state index is 0.0751. The maximum absolute atomic E-state index is 12.5. The Labute approximate surface area is 105 Å². The van der Waals surface area contributed by atoms with Gasteiger partial charge in [-0.2, -0.15) is 0 Å². The van der Waals surface area contributed by atoms with Crippen LogP contribution in [0.15, 0.2) is 41.2 Å². The van der Waals surface area contributed by atoms with Crippen LogP contribution in [0.5, 0.6) is 0 Å². The maximum Gasteiger partial charge on any atom is 0.258 e. The quantitative estimate of drug-likeness (QED) is 0.671. The Hall–Kier alpha value is -2.09. The third-order valence-corrected chi connectivity index (χ3v) is 3.46. The zero-order chi connectivity index (χ0) is 12.7. The van der Waals surface area contributed by atoms with E-state index >= 15 is 0 Å². The summed E-state index contributed by atoms with van der Waals surface area (Å²) in [5.41, 5.74) is 0.0751. The van der Waals surface area contributed by atoms with E-state index in [1.54, 1.807) is 4.57 Å². The van der Waals surface area contributed by atoms with Crippen LogP contribution < -0.4 is 10.9 Å². The molecule has 0 N–H and O–H groups in total.